The van der Waals surface area contributed by atoms with Crippen LogP contribution < -0.4 is 0 Å². The van der Waals surface area contributed by atoms with Gasteiger partial charge in [-0.2, -0.15) is 0 Å². The molecule has 0 nitrogen and oxygen atoms in total. The van der Waals surface area contributed by atoms with Crippen molar-refractivity contribution in [1.82, 2.24) is 0 Å². The number of hydrogen-bond acceptors (Lipinski definition) is 0. The first-order chi connectivity index (χ1) is 5.92. The van der Waals surface area contributed by atoms with Gasteiger partial charge in [-0.3, -0.25) is 0 Å². The molecule has 0 spiro atoms. The lowest BCUT2D eigenvalue weighted by atomic mass is 10.1. The van der Waals surface area contributed by atoms with E-state index in [2.05, 4.69) is 12.1 Å². The lowest BCUT2D eigenvalue weighted by Crippen LogP contribution is -1.68. The van der Waals surface area contributed by atoms with E-state index in [4.69, 9.17) is 6.58 Å². The third kappa shape index (κ3) is 1.02. The smallest absolute Gasteiger partial charge is 0.00926 e. The van der Waals surface area contributed by atoms with Crippen LogP contribution in [0, 0.1) is 12.6 Å². The van der Waals surface area contributed by atoms with Gasteiger partial charge in [0, 0.05) is 0 Å². The summed E-state index contributed by atoms with van der Waals surface area (Å²) in [6, 6.07) is 15.2. The van der Waals surface area contributed by atoms with E-state index in [1.807, 2.05) is 30.3 Å². The van der Waals surface area contributed by atoms with Crippen molar-refractivity contribution in [2.45, 2.75) is 0 Å². The molecule has 12 heavy (non-hydrogen) atoms. The molecule has 0 heteroatoms. The van der Waals surface area contributed by atoms with Gasteiger partial charge in [0.25, 0.3) is 0 Å². The highest BCUT2D eigenvalue weighted by molar-refractivity contribution is 5.76. The van der Waals surface area contributed by atoms with Crippen LogP contribution >= 0.6 is 0 Å². The van der Waals surface area contributed by atoms with Crippen LogP contribution in [0.25, 0.3) is 17.2 Å². The fourth-order valence-corrected chi connectivity index (χ4v) is 1.30. The molecule has 0 aromatic carbocycles. The lowest BCUT2D eigenvalue weighted by molar-refractivity contribution is 1.79. The molecule has 0 aliphatic heterocycles. The zero-order valence-corrected chi connectivity index (χ0v) is 6.62. The predicted molar refractivity (Wildman–Crippen MR) is 50.7 cm³/mol. The molecule has 2 aliphatic carbocycles. The maximum Gasteiger partial charge on any atom is -0.00926 e. The van der Waals surface area contributed by atoms with E-state index in [0.29, 0.717) is 0 Å². The van der Waals surface area contributed by atoms with Gasteiger partial charge in [-0.1, -0.05) is 43.0 Å². The van der Waals surface area contributed by atoms with Gasteiger partial charge in [0.15, 0.2) is 0 Å². The zero-order chi connectivity index (χ0) is 8.39. The summed E-state index contributed by atoms with van der Waals surface area (Å²) in [6.45, 7) is 5.44. The molecule has 0 aromatic rings. The highest BCUT2D eigenvalue weighted by Gasteiger charge is 2.03. The Kier molecular flexibility index (Phi) is 1.67. The second-order valence-electron chi connectivity index (χ2n) is 2.65. The van der Waals surface area contributed by atoms with Gasteiger partial charge in [0.1, 0.15) is 0 Å². The fraction of sp³-hybridized carbons (Fsp3) is 0. The van der Waals surface area contributed by atoms with Gasteiger partial charge in [0.05, 0.1) is 0 Å². The molecule has 2 aliphatic rings. The molecule has 0 amide bonds. The van der Waals surface area contributed by atoms with E-state index in [-0.39, 0.29) is 0 Å². The quantitative estimate of drug-likeness (QED) is 0.589. The van der Waals surface area contributed by atoms with Crippen molar-refractivity contribution in [2.75, 3.05) is 0 Å². The van der Waals surface area contributed by atoms with E-state index in [1.54, 1.807) is 6.08 Å². The highest BCUT2D eigenvalue weighted by atomic mass is 14.1. The Labute approximate surface area is 72.5 Å². The van der Waals surface area contributed by atoms with Crippen LogP contribution in [0.1, 0.15) is 5.56 Å². The van der Waals surface area contributed by atoms with Crippen LogP contribution in [-0.4, -0.2) is 0 Å². The first kappa shape index (κ1) is 7.11. The second kappa shape index (κ2) is 2.82. The fourth-order valence-electron chi connectivity index (χ4n) is 1.30. The Morgan fingerprint density at radius 3 is 2.83 bits per heavy atom. The summed E-state index contributed by atoms with van der Waals surface area (Å²) in [5.74, 6) is 0. The first-order valence-electron chi connectivity index (χ1n) is 3.86. The summed E-state index contributed by atoms with van der Waals surface area (Å²) in [5, 5.41) is 0. The molecule has 0 atom stereocenters. The third-order valence-corrected chi connectivity index (χ3v) is 1.91. The molecule has 0 unspecified atom stereocenters. The standard InChI is InChI=1S/C12H8/c1-2-10-8-9-11-6-4-3-5-7-12(10)11/h1-7,9H. The van der Waals surface area contributed by atoms with Crippen molar-refractivity contribution in [2.24, 2.45) is 0 Å². The van der Waals surface area contributed by atoms with E-state index < -0.39 is 0 Å². The topological polar surface area (TPSA) is 0 Å². The van der Waals surface area contributed by atoms with Crippen molar-refractivity contribution >= 4 is 6.08 Å². The zero-order valence-electron chi connectivity index (χ0n) is 6.62. The summed E-state index contributed by atoms with van der Waals surface area (Å²) in [5.41, 5.74) is 3.31. The van der Waals surface area contributed by atoms with E-state index in [0.717, 1.165) is 11.1 Å². The van der Waals surface area contributed by atoms with Crippen LogP contribution in [0.4, 0.5) is 0 Å². The highest BCUT2D eigenvalue weighted by Crippen LogP contribution is 2.26. The van der Waals surface area contributed by atoms with Crippen molar-refractivity contribution in [3.05, 3.63) is 54.6 Å². The van der Waals surface area contributed by atoms with Gasteiger partial charge in [-0.25, -0.2) is 0 Å². The molecule has 0 N–H and O–H groups in total. The Bertz CT molecular complexity index is 374. The van der Waals surface area contributed by atoms with Crippen molar-refractivity contribution in [1.29, 1.82) is 0 Å². The summed E-state index contributed by atoms with van der Waals surface area (Å²) in [4.78, 5) is 0. The van der Waals surface area contributed by atoms with Crippen molar-refractivity contribution in [3.63, 3.8) is 0 Å². The van der Waals surface area contributed by atoms with Crippen LogP contribution in [0.15, 0.2) is 36.4 Å². The molecule has 0 aromatic heterocycles. The van der Waals surface area contributed by atoms with Gasteiger partial charge in [-0.05, 0) is 28.8 Å². The Morgan fingerprint density at radius 1 is 1.17 bits per heavy atom. The molecule has 0 saturated carbocycles. The minimum Gasteiger partial charge on any atom is -0.0622 e. The van der Waals surface area contributed by atoms with Crippen LogP contribution in [-0.2, 0) is 0 Å². The van der Waals surface area contributed by atoms with Gasteiger partial charge >= 0.3 is 0 Å². The number of hydrogen-bond donors (Lipinski definition) is 0. The maximum atomic E-state index is 5.44. The van der Waals surface area contributed by atoms with Gasteiger partial charge in [0.2, 0.25) is 0 Å². The Hall–Kier alpha value is -1.56. The third-order valence-electron chi connectivity index (χ3n) is 1.91. The number of fused-ring (bicyclic) bond motifs is 1. The molecule has 2 radical (unpaired) electrons. The van der Waals surface area contributed by atoms with Crippen molar-refractivity contribution < 1.29 is 0 Å². The minimum absolute atomic E-state index is 0.973. The largest absolute Gasteiger partial charge is 0.0622 e. The Morgan fingerprint density at radius 2 is 2.00 bits per heavy atom. The van der Waals surface area contributed by atoms with Crippen LogP contribution in [0.2, 0.25) is 0 Å². The molecule has 0 fully saturated rings. The minimum atomic E-state index is 0.973. The molecule has 2 rings (SSSR count). The molecule has 56 valence electrons. The summed E-state index contributed by atoms with van der Waals surface area (Å²) in [7, 11) is 0. The SMILES string of the molecule is [CH]=Cc1[c]cc2cccccc1-2. The maximum absolute atomic E-state index is 5.44. The molecule has 0 saturated heterocycles. The molecule has 0 heterocycles. The monoisotopic (exact) mass is 152 g/mol. The Balaban J connectivity index is 2.72. The van der Waals surface area contributed by atoms with E-state index >= 15 is 0 Å². The van der Waals surface area contributed by atoms with E-state index in [9.17, 15) is 0 Å². The predicted octanol–water partition coefficient (Wildman–Crippen LogP) is 3.04. The van der Waals surface area contributed by atoms with Crippen LogP contribution in [0.3, 0.4) is 0 Å². The van der Waals surface area contributed by atoms with Crippen LogP contribution in [0.5, 0.6) is 0 Å². The molecular weight excluding hydrogens is 144 g/mol. The summed E-state index contributed by atoms with van der Waals surface area (Å²) < 4.78 is 0. The van der Waals surface area contributed by atoms with Gasteiger partial charge < -0.3 is 0 Å². The van der Waals surface area contributed by atoms with Crippen molar-refractivity contribution in [3.8, 4) is 11.1 Å². The summed E-state index contributed by atoms with van der Waals surface area (Å²) >= 11 is 0. The van der Waals surface area contributed by atoms with E-state index in [1.165, 1.54) is 5.56 Å². The summed E-state index contributed by atoms with van der Waals surface area (Å²) in [6.07, 6.45) is 1.59. The first-order valence-corrected chi connectivity index (χ1v) is 3.86. The number of rotatable bonds is 1. The molecule has 0 bridgehead atoms. The average Bonchev–Trinajstić information content (AvgIpc) is 2.33. The second-order valence-corrected chi connectivity index (χ2v) is 2.65. The molecular formula is C12H8. The average molecular weight is 152 g/mol. The van der Waals surface area contributed by atoms with Gasteiger partial charge in [-0.15, -0.1) is 0 Å². The lowest BCUT2D eigenvalue weighted by Gasteiger charge is -1.92. The normalized spacial score (nSPS) is 10.0.